The second-order valence-corrected chi connectivity index (χ2v) is 5.15. The average Bonchev–Trinajstić information content (AvgIpc) is 2.55. The fraction of sp³-hybridized carbons (Fsp3) is 0.0526. The molecule has 0 unspecified atom stereocenters. The Kier molecular flexibility index (Phi) is 3.97. The van der Waals surface area contributed by atoms with Crippen molar-refractivity contribution in [2.45, 2.75) is 6.61 Å². The Morgan fingerprint density at radius 1 is 0.773 bits per heavy atom. The lowest BCUT2D eigenvalue weighted by Crippen LogP contribution is -1.97. The van der Waals surface area contributed by atoms with E-state index in [0.29, 0.717) is 18.0 Å². The smallest absolute Gasteiger partial charge is 0.120 e. The number of hydrogen-bond acceptors (Lipinski definition) is 3. The summed E-state index contributed by atoms with van der Waals surface area (Å²) in [5.41, 5.74) is 16.4. The van der Waals surface area contributed by atoms with Crippen LogP contribution in [0.5, 0.6) is 5.75 Å². The molecule has 0 aliphatic carbocycles. The van der Waals surface area contributed by atoms with Crippen molar-refractivity contribution in [1.29, 1.82) is 0 Å². The van der Waals surface area contributed by atoms with Crippen LogP contribution >= 0.6 is 0 Å². The minimum absolute atomic E-state index is 0.529. The van der Waals surface area contributed by atoms with Crippen LogP contribution in [0.2, 0.25) is 0 Å². The van der Waals surface area contributed by atoms with Gasteiger partial charge in [-0.15, -0.1) is 0 Å². The van der Waals surface area contributed by atoms with Gasteiger partial charge in [-0.1, -0.05) is 42.5 Å². The number of benzene rings is 3. The van der Waals surface area contributed by atoms with Gasteiger partial charge in [0, 0.05) is 16.9 Å². The molecule has 0 spiro atoms. The van der Waals surface area contributed by atoms with Crippen molar-refractivity contribution in [3.05, 3.63) is 78.4 Å². The van der Waals surface area contributed by atoms with Crippen molar-refractivity contribution in [2.75, 3.05) is 11.5 Å². The van der Waals surface area contributed by atoms with E-state index in [1.165, 1.54) is 0 Å². The van der Waals surface area contributed by atoms with E-state index in [2.05, 4.69) is 0 Å². The number of hydrogen-bond donors (Lipinski definition) is 2. The van der Waals surface area contributed by atoms with Crippen LogP contribution in [0.1, 0.15) is 5.56 Å². The van der Waals surface area contributed by atoms with E-state index in [4.69, 9.17) is 16.2 Å². The summed E-state index contributed by atoms with van der Waals surface area (Å²) in [5.74, 6) is 0.787. The predicted molar refractivity (Wildman–Crippen MR) is 91.5 cm³/mol. The minimum atomic E-state index is 0.529. The average molecular weight is 290 g/mol. The first-order valence-corrected chi connectivity index (χ1v) is 7.14. The number of nitrogens with two attached hydrogens (primary N) is 2. The fourth-order valence-electron chi connectivity index (χ4n) is 2.32. The second kappa shape index (κ2) is 6.22. The van der Waals surface area contributed by atoms with Gasteiger partial charge in [0.2, 0.25) is 0 Å². The van der Waals surface area contributed by atoms with Crippen molar-refractivity contribution in [3.63, 3.8) is 0 Å². The van der Waals surface area contributed by atoms with Crippen LogP contribution < -0.4 is 16.2 Å². The van der Waals surface area contributed by atoms with Crippen LogP contribution in [-0.4, -0.2) is 0 Å². The topological polar surface area (TPSA) is 61.3 Å². The summed E-state index contributed by atoms with van der Waals surface area (Å²) in [6, 6.07) is 23.4. The van der Waals surface area contributed by atoms with Gasteiger partial charge < -0.3 is 16.2 Å². The first-order valence-electron chi connectivity index (χ1n) is 7.14. The first kappa shape index (κ1) is 14.0. The molecule has 0 aromatic heterocycles. The normalized spacial score (nSPS) is 10.4. The van der Waals surface area contributed by atoms with Crippen LogP contribution in [0.3, 0.4) is 0 Å². The summed E-state index contributed by atoms with van der Waals surface area (Å²) in [6.45, 7) is 0.529. The lowest BCUT2D eigenvalue weighted by Gasteiger charge is -2.11. The maximum absolute atomic E-state index is 6.08. The van der Waals surface area contributed by atoms with Crippen LogP contribution in [0.15, 0.2) is 72.8 Å². The molecule has 0 aliphatic rings. The Morgan fingerprint density at radius 2 is 1.59 bits per heavy atom. The van der Waals surface area contributed by atoms with E-state index in [-0.39, 0.29) is 0 Å². The number of anilines is 2. The third-order valence-electron chi connectivity index (χ3n) is 3.47. The maximum atomic E-state index is 6.08. The van der Waals surface area contributed by atoms with E-state index < -0.39 is 0 Å². The van der Waals surface area contributed by atoms with Gasteiger partial charge in [-0.2, -0.15) is 0 Å². The molecule has 0 saturated carbocycles. The molecule has 0 radical (unpaired) electrons. The highest BCUT2D eigenvalue weighted by Gasteiger charge is 2.06. The molecular weight excluding hydrogens is 272 g/mol. The summed E-state index contributed by atoms with van der Waals surface area (Å²) < 4.78 is 5.85. The Morgan fingerprint density at radius 3 is 2.36 bits per heavy atom. The van der Waals surface area contributed by atoms with Crippen molar-refractivity contribution < 1.29 is 4.74 Å². The lowest BCUT2D eigenvalue weighted by atomic mass is 10.0. The van der Waals surface area contributed by atoms with Gasteiger partial charge in [0.25, 0.3) is 0 Å². The lowest BCUT2D eigenvalue weighted by molar-refractivity contribution is 0.306. The number of ether oxygens (including phenoxy) is 1. The molecule has 0 heterocycles. The summed E-state index contributed by atoms with van der Waals surface area (Å²) in [4.78, 5) is 0. The molecule has 3 rings (SSSR count). The molecule has 4 N–H and O–H groups in total. The quantitative estimate of drug-likeness (QED) is 0.711. The van der Waals surface area contributed by atoms with Crippen LogP contribution in [-0.2, 0) is 6.61 Å². The standard InChI is InChI=1S/C19H18N2O/c20-16-8-4-7-15(11-16)18-12-17(9-10-19(18)21)22-13-14-5-2-1-3-6-14/h1-12H,13,20-21H2. The van der Waals surface area contributed by atoms with Gasteiger partial charge in [-0.3, -0.25) is 0 Å². The van der Waals surface area contributed by atoms with Gasteiger partial charge in [0.1, 0.15) is 12.4 Å². The predicted octanol–water partition coefficient (Wildman–Crippen LogP) is 4.10. The zero-order chi connectivity index (χ0) is 15.4. The Hall–Kier alpha value is -2.94. The van der Waals surface area contributed by atoms with E-state index in [1.54, 1.807) is 0 Å². The van der Waals surface area contributed by atoms with Crippen molar-refractivity contribution in [3.8, 4) is 16.9 Å². The highest BCUT2D eigenvalue weighted by molar-refractivity contribution is 5.79. The first-order chi connectivity index (χ1) is 10.7. The van der Waals surface area contributed by atoms with Gasteiger partial charge >= 0.3 is 0 Å². The molecule has 0 bridgehead atoms. The molecular formula is C19H18N2O. The molecule has 0 amide bonds. The summed E-state index contributed by atoms with van der Waals surface area (Å²) >= 11 is 0. The Bertz CT molecular complexity index is 769. The summed E-state index contributed by atoms with van der Waals surface area (Å²) in [7, 11) is 0. The Labute approximate surface area is 130 Å². The fourth-order valence-corrected chi connectivity index (χ4v) is 2.32. The molecule has 0 aliphatic heterocycles. The SMILES string of the molecule is Nc1cccc(-c2cc(OCc3ccccc3)ccc2N)c1. The zero-order valence-corrected chi connectivity index (χ0v) is 12.2. The van der Waals surface area contributed by atoms with Gasteiger partial charge in [0.15, 0.2) is 0 Å². The van der Waals surface area contributed by atoms with E-state index in [1.807, 2.05) is 72.8 Å². The van der Waals surface area contributed by atoms with Crippen molar-refractivity contribution in [2.24, 2.45) is 0 Å². The van der Waals surface area contributed by atoms with Crippen molar-refractivity contribution >= 4 is 11.4 Å². The van der Waals surface area contributed by atoms with E-state index in [9.17, 15) is 0 Å². The molecule has 0 atom stereocenters. The monoisotopic (exact) mass is 290 g/mol. The third kappa shape index (κ3) is 3.20. The molecule has 0 fully saturated rings. The Balaban J connectivity index is 1.84. The number of rotatable bonds is 4. The largest absolute Gasteiger partial charge is 0.489 e. The highest BCUT2D eigenvalue weighted by atomic mass is 16.5. The second-order valence-electron chi connectivity index (χ2n) is 5.15. The summed E-state index contributed by atoms with van der Waals surface area (Å²) in [6.07, 6.45) is 0. The van der Waals surface area contributed by atoms with Crippen LogP contribution in [0.25, 0.3) is 11.1 Å². The van der Waals surface area contributed by atoms with Crippen molar-refractivity contribution in [1.82, 2.24) is 0 Å². The molecule has 110 valence electrons. The van der Waals surface area contributed by atoms with Crippen LogP contribution in [0, 0.1) is 0 Å². The highest BCUT2D eigenvalue weighted by Crippen LogP contribution is 2.31. The van der Waals surface area contributed by atoms with Gasteiger partial charge in [-0.05, 0) is 41.5 Å². The number of nitrogen functional groups attached to an aromatic ring is 2. The maximum Gasteiger partial charge on any atom is 0.120 e. The molecule has 3 aromatic carbocycles. The minimum Gasteiger partial charge on any atom is -0.489 e. The van der Waals surface area contributed by atoms with Gasteiger partial charge in [-0.25, -0.2) is 0 Å². The zero-order valence-electron chi connectivity index (χ0n) is 12.2. The van der Waals surface area contributed by atoms with E-state index in [0.717, 1.165) is 22.4 Å². The molecule has 0 saturated heterocycles. The van der Waals surface area contributed by atoms with Crippen LogP contribution in [0.4, 0.5) is 11.4 Å². The molecule has 3 heteroatoms. The van der Waals surface area contributed by atoms with E-state index >= 15 is 0 Å². The third-order valence-corrected chi connectivity index (χ3v) is 3.47. The molecule has 3 nitrogen and oxygen atoms in total. The van der Waals surface area contributed by atoms with Gasteiger partial charge in [0.05, 0.1) is 0 Å². The molecule has 3 aromatic rings. The summed E-state index contributed by atoms with van der Waals surface area (Å²) in [5, 5.41) is 0. The molecule has 22 heavy (non-hydrogen) atoms.